The third-order valence-electron chi connectivity index (χ3n) is 5.02. The van der Waals surface area contributed by atoms with Crippen LogP contribution in [0.2, 0.25) is 5.02 Å². The summed E-state index contributed by atoms with van der Waals surface area (Å²) in [4.78, 5) is 34.3. The number of methoxy groups -OCH3 is 1. The topological polar surface area (TPSA) is 87.3 Å². The van der Waals surface area contributed by atoms with E-state index in [4.69, 9.17) is 16.3 Å². The van der Waals surface area contributed by atoms with Crippen molar-refractivity contribution in [1.82, 2.24) is 14.9 Å². The quantitative estimate of drug-likeness (QED) is 0.613. The molecule has 1 aromatic heterocycles. The minimum absolute atomic E-state index is 0.0356. The van der Waals surface area contributed by atoms with E-state index in [-0.39, 0.29) is 10.6 Å². The summed E-state index contributed by atoms with van der Waals surface area (Å²) in [6.07, 6.45) is 2.14. The number of rotatable bonds is 3. The number of fused-ring (bicyclic) bond motifs is 1. The maximum Gasteiger partial charge on any atom is 0.339 e. The molecule has 2 amide bonds. The Kier molecular flexibility index (Phi) is 5.41. The van der Waals surface area contributed by atoms with Gasteiger partial charge in [-0.1, -0.05) is 29.8 Å². The number of hydrogen-bond acceptors (Lipinski definition) is 4. The zero-order chi connectivity index (χ0) is 21.3. The van der Waals surface area contributed by atoms with Crippen LogP contribution < -0.4 is 5.32 Å². The Balaban J connectivity index is 1.69. The van der Waals surface area contributed by atoms with Crippen molar-refractivity contribution in [2.24, 2.45) is 0 Å². The number of aromatic amines is 1. The van der Waals surface area contributed by atoms with Gasteiger partial charge in [-0.2, -0.15) is 0 Å². The lowest BCUT2D eigenvalue weighted by Gasteiger charge is -2.35. The maximum atomic E-state index is 13.7. The van der Waals surface area contributed by atoms with Gasteiger partial charge >= 0.3 is 12.0 Å². The minimum Gasteiger partial charge on any atom is -0.465 e. The molecule has 2 aromatic carbocycles. The minimum atomic E-state index is -0.566. The number of urea groups is 1. The molecule has 1 aliphatic rings. The molecule has 1 aliphatic heterocycles. The van der Waals surface area contributed by atoms with E-state index in [1.165, 1.54) is 19.2 Å². The lowest BCUT2D eigenvalue weighted by atomic mass is 9.96. The van der Waals surface area contributed by atoms with Crippen molar-refractivity contribution in [3.05, 3.63) is 82.1 Å². The number of carbonyl (C=O) groups excluding carboxylic acids is 2. The van der Waals surface area contributed by atoms with Crippen LogP contribution >= 0.6 is 11.6 Å². The van der Waals surface area contributed by atoms with Crippen LogP contribution in [0, 0.1) is 5.82 Å². The molecule has 0 fully saturated rings. The number of esters is 1. The van der Waals surface area contributed by atoms with Crippen LogP contribution in [0.4, 0.5) is 14.9 Å². The van der Waals surface area contributed by atoms with Gasteiger partial charge in [0.2, 0.25) is 0 Å². The molecule has 154 valence electrons. The highest BCUT2D eigenvalue weighted by atomic mass is 35.5. The summed E-state index contributed by atoms with van der Waals surface area (Å²) in [5.74, 6) is -1.09. The average Bonchev–Trinajstić information content (AvgIpc) is 3.23. The van der Waals surface area contributed by atoms with Gasteiger partial charge in [-0.15, -0.1) is 0 Å². The van der Waals surface area contributed by atoms with Crippen molar-refractivity contribution < 1.29 is 18.7 Å². The molecule has 0 radical (unpaired) electrons. The van der Waals surface area contributed by atoms with Crippen LogP contribution in [0.5, 0.6) is 0 Å². The normalized spacial score (nSPS) is 15.4. The molecular weight excluding hydrogens is 411 g/mol. The van der Waals surface area contributed by atoms with Crippen molar-refractivity contribution in [1.29, 1.82) is 0 Å². The number of aromatic nitrogens is 2. The third-order valence-corrected chi connectivity index (χ3v) is 5.31. The Bertz CT molecular complexity index is 1120. The van der Waals surface area contributed by atoms with E-state index in [1.807, 2.05) is 0 Å². The van der Waals surface area contributed by atoms with Gasteiger partial charge in [-0.25, -0.2) is 19.0 Å². The van der Waals surface area contributed by atoms with E-state index in [0.717, 1.165) is 5.69 Å². The van der Waals surface area contributed by atoms with Gasteiger partial charge in [-0.3, -0.25) is 0 Å². The molecule has 0 saturated carbocycles. The lowest BCUT2D eigenvalue weighted by molar-refractivity contribution is 0.0602. The highest BCUT2D eigenvalue weighted by Gasteiger charge is 2.34. The van der Waals surface area contributed by atoms with E-state index in [9.17, 15) is 14.0 Å². The van der Waals surface area contributed by atoms with Gasteiger partial charge in [0.25, 0.3) is 0 Å². The molecule has 7 nitrogen and oxygen atoms in total. The number of amides is 2. The van der Waals surface area contributed by atoms with Gasteiger partial charge in [0, 0.05) is 18.7 Å². The first-order valence-corrected chi connectivity index (χ1v) is 9.59. The highest BCUT2D eigenvalue weighted by Crippen LogP contribution is 2.35. The molecule has 0 spiro atoms. The molecule has 2 N–H and O–H groups in total. The van der Waals surface area contributed by atoms with Gasteiger partial charge in [0.05, 0.1) is 35.4 Å². The van der Waals surface area contributed by atoms with Crippen molar-refractivity contribution in [3.8, 4) is 0 Å². The zero-order valence-corrected chi connectivity index (χ0v) is 16.7. The van der Waals surface area contributed by atoms with Crippen LogP contribution in [-0.4, -0.2) is 40.5 Å². The third kappa shape index (κ3) is 3.61. The zero-order valence-electron chi connectivity index (χ0n) is 16.0. The summed E-state index contributed by atoms with van der Waals surface area (Å²) in [6, 6.07) is 9.93. The number of benzene rings is 2. The Morgan fingerprint density at radius 3 is 2.87 bits per heavy atom. The Labute approximate surface area is 176 Å². The van der Waals surface area contributed by atoms with Crippen LogP contribution in [0.15, 0.2) is 48.8 Å². The molecule has 3 aromatic rings. The molecule has 4 rings (SSSR count). The van der Waals surface area contributed by atoms with E-state index in [1.54, 1.807) is 41.6 Å². The summed E-state index contributed by atoms with van der Waals surface area (Å²) in [5, 5.41) is 2.75. The average molecular weight is 429 g/mol. The predicted octanol–water partition coefficient (Wildman–Crippen LogP) is 4.17. The first-order chi connectivity index (χ1) is 14.5. The number of carbonyl (C=O) groups is 2. The molecule has 0 aliphatic carbocycles. The molecule has 2 heterocycles. The van der Waals surface area contributed by atoms with Crippen LogP contribution in [0.1, 0.15) is 33.4 Å². The SMILES string of the molecule is COC(=O)c1ccccc1NC(=O)N1CCc2[nH]cnc2[C@@H]1c1ccc(F)c(Cl)c1. The standard InChI is InChI=1S/C21H18ClFN4O3/c1-30-20(28)13-4-2-3-5-16(13)26-21(29)27-9-8-17-18(25-11-24-17)19(27)12-6-7-15(23)14(22)10-12/h2-7,10-11,19H,8-9H2,1H3,(H,24,25)(H,26,29)/t19-/m0/s1. The number of hydrogen-bond donors (Lipinski definition) is 2. The molecule has 30 heavy (non-hydrogen) atoms. The maximum absolute atomic E-state index is 13.7. The lowest BCUT2D eigenvalue weighted by Crippen LogP contribution is -2.43. The molecule has 0 unspecified atom stereocenters. The number of imidazole rings is 1. The first kappa shape index (κ1) is 19.9. The van der Waals surface area contributed by atoms with E-state index < -0.39 is 23.9 Å². The summed E-state index contributed by atoms with van der Waals surface area (Å²) in [7, 11) is 1.28. The van der Waals surface area contributed by atoms with Crippen LogP contribution in [0.3, 0.4) is 0 Å². The monoisotopic (exact) mass is 428 g/mol. The number of H-pyrrole nitrogens is 1. The second-order valence-electron chi connectivity index (χ2n) is 6.75. The molecule has 0 saturated heterocycles. The Hall–Kier alpha value is -3.39. The van der Waals surface area contributed by atoms with Gasteiger partial charge < -0.3 is 19.9 Å². The van der Waals surface area contributed by atoms with Gasteiger partial charge in [0.1, 0.15) is 11.9 Å². The van der Waals surface area contributed by atoms with Gasteiger partial charge in [0.15, 0.2) is 0 Å². The summed E-state index contributed by atoms with van der Waals surface area (Å²) in [6.45, 7) is 0.390. The predicted molar refractivity (Wildman–Crippen MR) is 109 cm³/mol. The second kappa shape index (κ2) is 8.16. The Morgan fingerprint density at radius 1 is 1.30 bits per heavy atom. The van der Waals surface area contributed by atoms with Crippen molar-refractivity contribution in [3.63, 3.8) is 0 Å². The molecule has 1 atom stereocenters. The summed E-state index contributed by atoms with van der Waals surface area (Å²) >= 11 is 5.99. The smallest absolute Gasteiger partial charge is 0.339 e. The number of nitrogens with zero attached hydrogens (tertiary/aromatic N) is 2. The molecule has 0 bridgehead atoms. The number of halogens is 2. The van der Waals surface area contributed by atoms with Crippen molar-refractivity contribution >= 4 is 29.3 Å². The van der Waals surface area contributed by atoms with E-state index in [2.05, 4.69) is 15.3 Å². The molecule has 9 heteroatoms. The Morgan fingerprint density at radius 2 is 2.10 bits per heavy atom. The second-order valence-corrected chi connectivity index (χ2v) is 7.16. The highest BCUT2D eigenvalue weighted by molar-refractivity contribution is 6.30. The van der Waals surface area contributed by atoms with Crippen molar-refractivity contribution in [2.45, 2.75) is 12.5 Å². The van der Waals surface area contributed by atoms with E-state index >= 15 is 0 Å². The fourth-order valence-electron chi connectivity index (χ4n) is 3.58. The van der Waals surface area contributed by atoms with Gasteiger partial charge in [-0.05, 0) is 29.8 Å². The first-order valence-electron chi connectivity index (χ1n) is 9.21. The fourth-order valence-corrected chi connectivity index (χ4v) is 3.77. The van der Waals surface area contributed by atoms with Crippen LogP contribution in [-0.2, 0) is 11.2 Å². The largest absolute Gasteiger partial charge is 0.465 e. The number of ether oxygens (including phenoxy) is 1. The molecular formula is C21H18ClFN4O3. The summed E-state index contributed by atoms with van der Waals surface area (Å²) < 4.78 is 18.5. The number of anilines is 1. The number of nitrogens with one attached hydrogen (secondary N) is 2. The number of para-hydroxylation sites is 1. The van der Waals surface area contributed by atoms with Crippen molar-refractivity contribution in [2.75, 3.05) is 19.0 Å². The fraction of sp³-hybridized carbons (Fsp3) is 0.190. The van der Waals surface area contributed by atoms with Crippen LogP contribution in [0.25, 0.3) is 0 Å². The summed E-state index contributed by atoms with van der Waals surface area (Å²) in [5.41, 5.74) is 2.77. The van der Waals surface area contributed by atoms with E-state index in [0.29, 0.717) is 29.9 Å².